The van der Waals surface area contributed by atoms with E-state index in [-0.39, 0.29) is 12.5 Å². The van der Waals surface area contributed by atoms with Gasteiger partial charge in [-0.25, -0.2) is 4.68 Å². The first-order chi connectivity index (χ1) is 9.96. The molecule has 2 rings (SSSR count). The van der Waals surface area contributed by atoms with E-state index in [1.807, 2.05) is 31.2 Å². The number of hydrogen-bond donors (Lipinski definition) is 1. The molecule has 0 amide bonds. The summed E-state index contributed by atoms with van der Waals surface area (Å²) in [5.41, 5.74) is 1.77. The Kier molecular flexibility index (Phi) is 4.89. The highest BCUT2D eigenvalue weighted by molar-refractivity contribution is 5.35. The molecule has 5 nitrogen and oxygen atoms in total. The Morgan fingerprint density at radius 1 is 1.33 bits per heavy atom. The number of rotatable bonds is 6. The molecule has 8 heteroatoms. The standard InChI is InChI=1S/C13H16F3N5/c1-10(17-7-3-6-13(14,15)16)11-4-2-5-12(8-11)21-9-18-19-20-21/h2,4-5,8-10,17H,3,6-7H2,1H3. The van der Waals surface area contributed by atoms with Gasteiger partial charge in [-0.2, -0.15) is 13.2 Å². The van der Waals surface area contributed by atoms with Crippen LogP contribution in [0.15, 0.2) is 30.6 Å². The van der Waals surface area contributed by atoms with E-state index in [9.17, 15) is 13.2 Å². The topological polar surface area (TPSA) is 55.6 Å². The number of nitrogens with zero attached hydrogens (tertiary/aromatic N) is 4. The number of halogens is 3. The molecule has 0 bridgehead atoms. The van der Waals surface area contributed by atoms with Gasteiger partial charge in [0.2, 0.25) is 0 Å². The van der Waals surface area contributed by atoms with E-state index in [1.165, 1.54) is 11.0 Å². The number of benzene rings is 1. The first-order valence-electron chi connectivity index (χ1n) is 6.59. The Hall–Kier alpha value is -1.96. The van der Waals surface area contributed by atoms with Gasteiger partial charge in [0.05, 0.1) is 5.69 Å². The lowest BCUT2D eigenvalue weighted by Crippen LogP contribution is -2.21. The van der Waals surface area contributed by atoms with Crippen molar-refractivity contribution in [2.24, 2.45) is 0 Å². The smallest absolute Gasteiger partial charge is 0.310 e. The van der Waals surface area contributed by atoms with E-state index in [2.05, 4.69) is 20.8 Å². The van der Waals surface area contributed by atoms with Gasteiger partial charge in [-0.1, -0.05) is 12.1 Å². The van der Waals surface area contributed by atoms with Crippen molar-refractivity contribution in [1.29, 1.82) is 0 Å². The van der Waals surface area contributed by atoms with Crippen molar-refractivity contribution in [3.05, 3.63) is 36.2 Å². The SMILES string of the molecule is CC(NCCCC(F)(F)F)c1cccc(-n2cnnn2)c1. The van der Waals surface area contributed by atoms with Crippen molar-refractivity contribution < 1.29 is 13.2 Å². The van der Waals surface area contributed by atoms with Crippen LogP contribution in [0, 0.1) is 0 Å². The molecule has 2 aromatic rings. The minimum atomic E-state index is -4.09. The number of aromatic nitrogens is 4. The molecule has 0 aliphatic rings. The summed E-state index contributed by atoms with van der Waals surface area (Å²) < 4.78 is 37.7. The van der Waals surface area contributed by atoms with Gasteiger partial charge in [0.1, 0.15) is 6.33 Å². The summed E-state index contributed by atoms with van der Waals surface area (Å²) in [7, 11) is 0. The maximum atomic E-state index is 12.1. The second-order valence-electron chi connectivity index (χ2n) is 4.74. The predicted molar refractivity (Wildman–Crippen MR) is 70.9 cm³/mol. The summed E-state index contributed by atoms with van der Waals surface area (Å²) in [6.45, 7) is 2.22. The van der Waals surface area contributed by atoms with Crippen molar-refractivity contribution in [3.63, 3.8) is 0 Å². The highest BCUT2D eigenvalue weighted by atomic mass is 19.4. The van der Waals surface area contributed by atoms with Gasteiger partial charge in [0.15, 0.2) is 0 Å². The molecule has 21 heavy (non-hydrogen) atoms. The fraction of sp³-hybridized carbons (Fsp3) is 0.462. The van der Waals surface area contributed by atoms with Crippen LogP contribution in [-0.2, 0) is 0 Å². The molecule has 0 saturated carbocycles. The predicted octanol–water partition coefficient (Wildman–Crippen LogP) is 2.66. The minimum absolute atomic E-state index is 0.0466. The van der Waals surface area contributed by atoms with Gasteiger partial charge in [-0.3, -0.25) is 0 Å². The zero-order chi connectivity index (χ0) is 15.3. The Morgan fingerprint density at radius 2 is 2.14 bits per heavy atom. The molecule has 1 aromatic carbocycles. The molecule has 114 valence electrons. The molecule has 0 spiro atoms. The molecule has 0 aliphatic heterocycles. The molecule has 0 aliphatic carbocycles. The molecular formula is C13H16F3N5. The van der Waals surface area contributed by atoms with Crippen molar-refractivity contribution >= 4 is 0 Å². The third-order valence-corrected chi connectivity index (χ3v) is 3.07. The molecule has 1 N–H and O–H groups in total. The highest BCUT2D eigenvalue weighted by Crippen LogP contribution is 2.21. The van der Waals surface area contributed by atoms with Crippen LogP contribution < -0.4 is 5.32 Å². The molecule has 0 fully saturated rings. The van der Waals surface area contributed by atoms with Crippen LogP contribution in [0.2, 0.25) is 0 Å². The Bertz CT molecular complexity index is 553. The highest BCUT2D eigenvalue weighted by Gasteiger charge is 2.25. The largest absolute Gasteiger partial charge is 0.389 e. The van der Waals surface area contributed by atoms with E-state index >= 15 is 0 Å². The average Bonchev–Trinajstić information content (AvgIpc) is 2.96. The molecule has 0 saturated heterocycles. The summed E-state index contributed by atoms with van der Waals surface area (Å²) in [6.07, 6.45) is -3.30. The summed E-state index contributed by atoms with van der Waals surface area (Å²) in [4.78, 5) is 0. The van der Waals surface area contributed by atoms with Crippen LogP contribution >= 0.6 is 0 Å². The second-order valence-corrected chi connectivity index (χ2v) is 4.74. The summed E-state index contributed by atoms with van der Waals surface area (Å²) in [6, 6.07) is 7.48. The zero-order valence-corrected chi connectivity index (χ0v) is 11.5. The first kappa shape index (κ1) is 15.4. The second kappa shape index (κ2) is 6.66. The fourth-order valence-corrected chi connectivity index (χ4v) is 1.94. The van der Waals surface area contributed by atoms with E-state index in [4.69, 9.17) is 0 Å². The van der Waals surface area contributed by atoms with E-state index in [1.54, 1.807) is 0 Å². The maximum absolute atomic E-state index is 12.1. The lowest BCUT2D eigenvalue weighted by atomic mass is 10.1. The Labute approximate surface area is 120 Å². The van der Waals surface area contributed by atoms with Crippen molar-refractivity contribution in [2.45, 2.75) is 32.0 Å². The number of alkyl halides is 3. The van der Waals surface area contributed by atoms with E-state index in [0.717, 1.165) is 11.3 Å². The minimum Gasteiger partial charge on any atom is -0.310 e. The molecule has 1 heterocycles. The summed E-state index contributed by atoms with van der Waals surface area (Å²) in [5.74, 6) is 0. The van der Waals surface area contributed by atoms with Gasteiger partial charge >= 0.3 is 6.18 Å². The van der Waals surface area contributed by atoms with E-state index < -0.39 is 12.6 Å². The number of hydrogen-bond acceptors (Lipinski definition) is 4. The van der Waals surface area contributed by atoms with Crippen LogP contribution in [0.5, 0.6) is 0 Å². The molecule has 0 radical (unpaired) electrons. The Balaban J connectivity index is 1.91. The lowest BCUT2D eigenvalue weighted by molar-refractivity contribution is -0.135. The van der Waals surface area contributed by atoms with Crippen molar-refractivity contribution in [2.75, 3.05) is 6.54 Å². The van der Waals surface area contributed by atoms with Crippen LogP contribution in [0.25, 0.3) is 5.69 Å². The Morgan fingerprint density at radius 3 is 2.81 bits per heavy atom. The average molecular weight is 299 g/mol. The molecule has 1 aromatic heterocycles. The van der Waals surface area contributed by atoms with E-state index in [0.29, 0.717) is 6.54 Å². The number of tetrazole rings is 1. The third-order valence-electron chi connectivity index (χ3n) is 3.07. The maximum Gasteiger partial charge on any atom is 0.389 e. The first-order valence-corrected chi connectivity index (χ1v) is 6.59. The summed E-state index contributed by atoms with van der Waals surface area (Å²) >= 11 is 0. The van der Waals surface area contributed by atoms with Crippen molar-refractivity contribution in [1.82, 2.24) is 25.5 Å². The van der Waals surface area contributed by atoms with Gasteiger partial charge in [-0.05, 0) is 48.0 Å². The quantitative estimate of drug-likeness (QED) is 0.833. The molecule has 1 unspecified atom stereocenters. The molecular weight excluding hydrogens is 283 g/mol. The van der Waals surface area contributed by atoms with Crippen LogP contribution in [-0.4, -0.2) is 32.9 Å². The van der Waals surface area contributed by atoms with Gasteiger partial charge < -0.3 is 5.32 Å². The van der Waals surface area contributed by atoms with Gasteiger partial charge in [0, 0.05) is 12.5 Å². The normalized spacial score (nSPS) is 13.3. The van der Waals surface area contributed by atoms with Gasteiger partial charge in [0.25, 0.3) is 0 Å². The third kappa shape index (κ3) is 4.82. The monoisotopic (exact) mass is 299 g/mol. The summed E-state index contributed by atoms with van der Waals surface area (Å²) in [5, 5.41) is 14.0. The van der Waals surface area contributed by atoms with Crippen molar-refractivity contribution in [3.8, 4) is 5.69 Å². The van der Waals surface area contributed by atoms with Crippen LogP contribution in [0.3, 0.4) is 0 Å². The van der Waals surface area contributed by atoms with Crippen LogP contribution in [0.1, 0.15) is 31.4 Å². The van der Waals surface area contributed by atoms with Gasteiger partial charge in [-0.15, -0.1) is 5.10 Å². The zero-order valence-electron chi connectivity index (χ0n) is 11.5. The fourth-order valence-electron chi connectivity index (χ4n) is 1.94. The lowest BCUT2D eigenvalue weighted by Gasteiger charge is -2.15. The van der Waals surface area contributed by atoms with Crippen LogP contribution in [0.4, 0.5) is 13.2 Å². The molecule has 1 atom stereocenters. The number of nitrogens with one attached hydrogen (secondary N) is 1.